The third-order valence-electron chi connectivity index (χ3n) is 4.93. The lowest BCUT2D eigenvalue weighted by Gasteiger charge is -2.45. The van der Waals surface area contributed by atoms with E-state index >= 15 is 0 Å². The quantitative estimate of drug-likeness (QED) is 0.765. The van der Waals surface area contributed by atoms with E-state index in [4.69, 9.17) is 4.74 Å². The summed E-state index contributed by atoms with van der Waals surface area (Å²) in [5.74, 6) is 0. The van der Waals surface area contributed by atoms with Crippen LogP contribution in [0.5, 0.6) is 0 Å². The Labute approximate surface area is 117 Å². The van der Waals surface area contributed by atoms with Crippen molar-refractivity contribution < 1.29 is 9.84 Å². The van der Waals surface area contributed by atoms with Crippen LogP contribution in [0.1, 0.15) is 45.4 Å². The molecule has 112 valence electrons. The first-order valence-electron chi connectivity index (χ1n) is 7.86. The summed E-state index contributed by atoms with van der Waals surface area (Å²) >= 11 is 0. The summed E-state index contributed by atoms with van der Waals surface area (Å²) in [5.41, 5.74) is -0.0490. The van der Waals surface area contributed by atoms with Crippen LogP contribution >= 0.6 is 0 Å². The predicted molar refractivity (Wildman–Crippen MR) is 77.4 cm³/mol. The minimum atomic E-state index is -0.0490. The summed E-state index contributed by atoms with van der Waals surface area (Å²) in [7, 11) is 2.23. The van der Waals surface area contributed by atoms with E-state index in [0.29, 0.717) is 12.1 Å². The van der Waals surface area contributed by atoms with E-state index in [1.807, 2.05) is 0 Å². The molecule has 1 aliphatic carbocycles. The number of aliphatic hydroxyl groups excluding tert-OH is 1. The van der Waals surface area contributed by atoms with Gasteiger partial charge in [-0.2, -0.15) is 0 Å². The highest BCUT2D eigenvalue weighted by atomic mass is 16.5. The predicted octanol–water partition coefficient (Wildman–Crippen LogP) is 1.38. The molecule has 4 nitrogen and oxygen atoms in total. The molecule has 3 atom stereocenters. The zero-order valence-corrected chi connectivity index (χ0v) is 12.5. The Balaban J connectivity index is 1.94. The summed E-state index contributed by atoms with van der Waals surface area (Å²) in [6.07, 6.45) is 6.91. The van der Waals surface area contributed by atoms with Gasteiger partial charge >= 0.3 is 0 Å². The number of ether oxygens (including phenoxy) is 1. The second-order valence-electron chi connectivity index (χ2n) is 6.30. The Hall–Kier alpha value is -0.160. The molecule has 2 fully saturated rings. The number of likely N-dealkylation sites (N-methyl/N-ethyl adjacent to an activating group) is 1. The van der Waals surface area contributed by atoms with Crippen molar-refractivity contribution in [3.8, 4) is 0 Å². The van der Waals surface area contributed by atoms with Crippen LogP contribution in [0.25, 0.3) is 0 Å². The van der Waals surface area contributed by atoms with Gasteiger partial charge in [0, 0.05) is 24.2 Å². The van der Waals surface area contributed by atoms with Crippen molar-refractivity contribution in [1.29, 1.82) is 0 Å². The fourth-order valence-corrected chi connectivity index (χ4v) is 3.57. The maximum atomic E-state index is 9.83. The average molecular weight is 270 g/mol. The van der Waals surface area contributed by atoms with Crippen LogP contribution in [0.4, 0.5) is 0 Å². The van der Waals surface area contributed by atoms with Crippen LogP contribution in [0, 0.1) is 0 Å². The van der Waals surface area contributed by atoms with Gasteiger partial charge < -0.3 is 15.2 Å². The summed E-state index contributed by atoms with van der Waals surface area (Å²) < 4.78 is 5.51. The van der Waals surface area contributed by atoms with E-state index in [9.17, 15) is 5.11 Å². The van der Waals surface area contributed by atoms with Crippen molar-refractivity contribution in [2.45, 2.75) is 63.1 Å². The molecule has 0 aromatic heterocycles. The summed E-state index contributed by atoms with van der Waals surface area (Å²) in [4.78, 5) is 2.50. The van der Waals surface area contributed by atoms with Gasteiger partial charge in [-0.3, -0.25) is 4.90 Å². The van der Waals surface area contributed by atoms with E-state index in [0.717, 1.165) is 45.4 Å². The van der Waals surface area contributed by atoms with Gasteiger partial charge in [0.1, 0.15) is 0 Å². The van der Waals surface area contributed by atoms with Gasteiger partial charge in [-0.15, -0.1) is 0 Å². The van der Waals surface area contributed by atoms with Crippen LogP contribution < -0.4 is 5.32 Å². The first-order chi connectivity index (χ1) is 9.21. The molecule has 1 saturated carbocycles. The van der Waals surface area contributed by atoms with E-state index in [2.05, 4.69) is 24.2 Å². The third-order valence-corrected chi connectivity index (χ3v) is 4.93. The lowest BCUT2D eigenvalue weighted by atomic mass is 9.78. The number of rotatable bonds is 6. The lowest BCUT2D eigenvalue weighted by Crippen LogP contribution is -2.56. The molecule has 2 aliphatic rings. The van der Waals surface area contributed by atoms with Crippen molar-refractivity contribution in [2.75, 3.05) is 33.4 Å². The van der Waals surface area contributed by atoms with Crippen molar-refractivity contribution in [1.82, 2.24) is 10.2 Å². The molecule has 19 heavy (non-hydrogen) atoms. The zero-order chi connectivity index (χ0) is 13.7. The first kappa shape index (κ1) is 15.2. The molecule has 1 aliphatic heterocycles. The molecular formula is C15H30N2O2. The normalized spacial score (nSPS) is 36.0. The van der Waals surface area contributed by atoms with Crippen molar-refractivity contribution >= 4 is 0 Å². The summed E-state index contributed by atoms with van der Waals surface area (Å²) in [6, 6.07) is 1.16. The van der Waals surface area contributed by atoms with Crippen LogP contribution in [-0.4, -0.2) is 61.0 Å². The summed E-state index contributed by atoms with van der Waals surface area (Å²) in [5, 5.41) is 13.4. The van der Waals surface area contributed by atoms with Gasteiger partial charge in [-0.1, -0.05) is 6.92 Å². The maximum absolute atomic E-state index is 9.83. The van der Waals surface area contributed by atoms with E-state index in [1.54, 1.807) is 0 Å². The number of nitrogens with one attached hydrogen (secondary N) is 1. The van der Waals surface area contributed by atoms with Gasteiger partial charge in [0.2, 0.25) is 0 Å². The molecule has 0 amide bonds. The van der Waals surface area contributed by atoms with E-state index in [-0.39, 0.29) is 12.1 Å². The van der Waals surface area contributed by atoms with Crippen LogP contribution in [0.3, 0.4) is 0 Å². The standard InChI is InChI=1S/C15H30N2O2/c1-3-8-16-15(12-18)7-4-5-13(10-15)17(2)14-6-9-19-11-14/h13-14,16,18H,3-12H2,1-2H3. The Morgan fingerprint density at radius 3 is 2.84 bits per heavy atom. The molecule has 1 heterocycles. The Morgan fingerprint density at radius 2 is 2.21 bits per heavy atom. The number of nitrogens with zero attached hydrogens (tertiary/aromatic N) is 1. The fraction of sp³-hybridized carbons (Fsp3) is 1.00. The van der Waals surface area contributed by atoms with E-state index < -0.39 is 0 Å². The van der Waals surface area contributed by atoms with Crippen molar-refractivity contribution in [3.63, 3.8) is 0 Å². The average Bonchev–Trinajstić information content (AvgIpc) is 2.99. The summed E-state index contributed by atoms with van der Waals surface area (Å²) in [6.45, 7) is 5.23. The van der Waals surface area contributed by atoms with Crippen LogP contribution in [-0.2, 0) is 4.74 Å². The molecule has 0 bridgehead atoms. The highest BCUT2D eigenvalue weighted by Gasteiger charge is 2.38. The van der Waals surface area contributed by atoms with Gasteiger partial charge in [0.25, 0.3) is 0 Å². The van der Waals surface area contributed by atoms with Gasteiger partial charge in [0.05, 0.1) is 13.2 Å². The maximum Gasteiger partial charge on any atom is 0.0622 e. The van der Waals surface area contributed by atoms with Crippen LogP contribution in [0.2, 0.25) is 0 Å². The Kier molecular flexibility index (Phi) is 5.63. The fourth-order valence-electron chi connectivity index (χ4n) is 3.57. The minimum Gasteiger partial charge on any atom is -0.394 e. The smallest absolute Gasteiger partial charge is 0.0622 e. The number of hydrogen-bond donors (Lipinski definition) is 2. The second kappa shape index (κ2) is 7.02. The monoisotopic (exact) mass is 270 g/mol. The number of hydrogen-bond acceptors (Lipinski definition) is 4. The van der Waals surface area contributed by atoms with Crippen molar-refractivity contribution in [3.05, 3.63) is 0 Å². The lowest BCUT2D eigenvalue weighted by molar-refractivity contribution is 0.0487. The van der Waals surface area contributed by atoms with Gasteiger partial charge in [0.15, 0.2) is 0 Å². The first-order valence-corrected chi connectivity index (χ1v) is 7.86. The molecule has 0 radical (unpaired) electrons. The minimum absolute atomic E-state index is 0.0490. The molecule has 3 unspecified atom stereocenters. The highest BCUT2D eigenvalue weighted by molar-refractivity contribution is 4.97. The Morgan fingerprint density at radius 1 is 1.37 bits per heavy atom. The SMILES string of the molecule is CCCNC1(CO)CCCC(N(C)C2CCOC2)C1. The largest absolute Gasteiger partial charge is 0.394 e. The highest BCUT2D eigenvalue weighted by Crippen LogP contribution is 2.32. The topological polar surface area (TPSA) is 44.7 Å². The molecule has 2 rings (SSSR count). The number of aliphatic hydroxyl groups is 1. The van der Waals surface area contributed by atoms with Crippen LogP contribution in [0.15, 0.2) is 0 Å². The molecule has 1 saturated heterocycles. The van der Waals surface area contributed by atoms with Crippen molar-refractivity contribution in [2.24, 2.45) is 0 Å². The van der Waals surface area contributed by atoms with Gasteiger partial charge in [-0.05, 0) is 52.1 Å². The Bertz CT molecular complexity index is 269. The second-order valence-corrected chi connectivity index (χ2v) is 6.30. The molecular weight excluding hydrogens is 240 g/mol. The molecule has 0 aromatic carbocycles. The molecule has 2 N–H and O–H groups in total. The van der Waals surface area contributed by atoms with Gasteiger partial charge in [-0.25, -0.2) is 0 Å². The zero-order valence-electron chi connectivity index (χ0n) is 12.5. The van der Waals surface area contributed by atoms with E-state index in [1.165, 1.54) is 12.8 Å². The molecule has 0 aromatic rings. The molecule has 4 heteroatoms. The third kappa shape index (κ3) is 3.69. The molecule has 0 spiro atoms.